The van der Waals surface area contributed by atoms with Crippen LogP contribution in [0.25, 0.3) is 0 Å². The van der Waals surface area contributed by atoms with Gasteiger partial charge in [0.1, 0.15) is 11.6 Å². The van der Waals surface area contributed by atoms with Gasteiger partial charge in [0.05, 0.1) is 11.5 Å². The Bertz CT molecular complexity index is 651. The molecule has 1 fully saturated rings. The van der Waals surface area contributed by atoms with E-state index in [4.69, 9.17) is 0 Å². The molecule has 24 heavy (non-hydrogen) atoms. The van der Waals surface area contributed by atoms with Gasteiger partial charge in [0.25, 0.3) is 0 Å². The number of carbonyl (C=O) groups excluding carboxylic acids is 1. The molecule has 2 unspecified atom stereocenters. The summed E-state index contributed by atoms with van der Waals surface area (Å²) in [7, 11) is 0. The van der Waals surface area contributed by atoms with E-state index in [-0.39, 0.29) is 18.0 Å². The SMILES string of the molecule is CC(C)C(NC(=O)N1CCC(C)(C(=O)O)C1)c1ccc(F)cc1F. The van der Waals surface area contributed by atoms with Crippen molar-refractivity contribution in [2.75, 3.05) is 13.1 Å². The predicted octanol–water partition coefficient (Wildman–Crippen LogP) is 3.17. The number of hydrogen-bond donors (Lipinski definition) is 2. The summed E-state index contributed by atoms with van der Waals surface area (Å²) in [5.74, 6) is -2.46. The molecular formula is C17H22F2N2O3. The number of halogens is 2. The number of rotatable bonds is 4. The summed E-state index contributed by atoms with van der Waals surface area (Å²) in [5.41, 5.74) is -0.758. The number of urea groups is 1. The monoisotopic (exact) mass is 340 g/mol. The molecule has 1 aliphatic heterocycles. The maximum atomic E-state index is 14.0. The molecule has 0 bridgehead atoms. The molecule has 2 amide bonds. The van der Waals surface area contributed by atoms with Gasteiger partial charge in [-0.2, -0.15) is 0 Å². The molecule has 1 saturated heterocycles. The van der Waals surface area contributed by atoms with Crippen molar-refractivity contribution in [1.29, 1.82) is 0 Å². The molecule has 0 radical (unpaired) electrons. The second kappa shape index (κ2) is 6.75. The average molecular weight is 340 g/mol. The van der Waals surface area contributed by atoms with Crippen LogP contribution < -0.4 is 5.32 Å². The number of nitrogens with one attached hydrogen (secondary N) is 1. The van der Waals surface area contributed by atoms with Gasteiger partial charge in [0, 0.05) is 24.7 Å². The molecule has 1 aromatic carbocycles. The summed E-state index contributed by atoms with van der Waals surface area (Å²) in [5, 5.41) is 12.0. The Balaban J connectivity index is 2.14. The van der Waals surface area contributed by atoms with Gasteiger partial charge in [-0.15, -0.1) is 0 Å². The highest BCUT2D eigenvalue weighted by Crippen LogP contribution is 2.31. The lowest BCUT2D eigenvalue weighted by molar-refractivity contribution is -0.147. The number of likely N-dealkylation sites (tertiary alicyclic amines) is 1. The Morgan fingerprint density at radius 3 is 2.50 bits per heavy atom. The topological polar surface area (TPSA) is 69.6 Å². The van der Waals surface area contributed by atoms with E-state index in [9.17, 15) is 23.5 Å². The zero-order valence-corrected chi connectivity index (χ0v) is 14.0. The fraction of sp³-hybridized carbons (Fsp3) is 0.529. The zero-order valence-electron chi connectivity index (χ0n) is 14.0. The second-order valence-electron chi connectivity index (χ2n) is 6.87. The lowest BCUT2D eigenvalue weighted by Gasteiger charge is -2.27. The van der Waals surface area contributed by atoms with Crippen LogP contribution in [0.4, 0.5) is 13.6 Å². The quantitative estimate of drug-likeness (QED) is 0.884. The molecule has 2 atom stereocenters. The van der Waals surface area contributed by atoms with E-state index in [1.165, 1.54) is 11.0 Å². The number of benzene rings is 1. The third-order valence-corrected chi connectivity index (χ3v) is 4.52. The van der Waals surface area contributed by atoms with Crippen LogP contribution in [0.1, 0.15) is 38.8 Å². The van der Waals surface area contributed by atoms with Gasteiger partial charge in [-0.1, -0.05) is 19.9 Å². The van der Waals surface area contributed by atoms with Crippen molar-refractivity contribution in [3.8, 4) is 0 Å². The Morgan fingerprint density at radius 2 is 2.00 bits per heavy atom. The number of amides is 2. The van der Waals surface area contributed by atoms with Crippen LogP contribution in [-0.4, -0.2) is 35.1 Å². The third kappa shape index (κ3) is 3.66. The summed E-state index contributed by atoms with van der Waals surface area (Å²) in [6.07, 6.45) is 0.368. The summed E-state index contributed by atoms with van der Waals surface area (Å²) in [6, 6.07) is 2.18. The molecule has 0 spiro atoms. The van der Waals surface area contributed by atoms with E-state index in [1.807, 2.05) is 13.8 Å². The first-order valence-electron chi connectivity index (χ1n) is 7.88. The number of hydrogen-bond acceptors (Lipinski definition) is 2. The van der Waals surface area contributed by atoms with Gasteiger partial charge in [-0.3, -0.25) is 4.79 Å². The summed E-state index contributed by atoms with van der Waals surface area (Å²) < 4.78 is 27.1. The highest BCUT2D eigenvalue weighted by Gasteiger charge is 2.42. The molecule has 1 heterocycles. The molecule has 5 nitrogen and oxygen atoms in total. The second-order valence-corrected chi connectivity index (χ2v) is 6.87. The van der Waals surface area contributed by atoms with Crippen molar-refractivity contribution < 1.29 is 23.5 Å². The minimum Gasteiger partial charge on any atom is -0.481 e. The maximum Gasteiger partial charge on any atom is 0.317 e. The number of carboxylic acid groups (broad SMARTS) is 1. The van der Waals surface area contributed by atoms with Crippen LogP contribution >= 0.6 is 0 Å². The van der Waals surface area contributed by atoms with E-state index in [1.54, 1.807) is 6.92 Å². The number of nitrogens with zero attached hydrogens (tertiary/aromatic N) is 1. The fourth-order valence-electron chi connectivity index (χ4n) is 2.89. The summed E-state index contributed by atoms with van der Waals surface area (Å²) in [4.78, 5) is 25.1. The molecule has 1 aromatic rings. The van der Waals surface area contributed by atoms with Crippen LogP contribution in [0.15, 0.2) is 18.2 Å². The van der Waals surface area contributed by atoms with Crippen molar-refractivity contribution in [1.82, 2.24) is 10.2 Å². The Morgan fingerprint density at radius 1 is 1.33 bits per heavy atom. The minimum absolute atomic E-state index is 0.102. The number of carbonyl (C=O) groups is 2. The van der Waals surface area contributed by atoms with Crippen LogP contribution in [0.5, 0.6) is 0 Å². The molecule has 0 saturated carbocycles. The highest BCUT2D eigenvalue weighted by molar-refractivity contribution is 5.79. The van der Waals surface area contributed by atoms with Crippen molar-refractivity contribution in [2.45, 2.75) is 33.2 Å². The average Bonchev–Trinajstić information content (AvgIpc) is 2.89. The van der Waals surface area contributed by atoms with Gasteiger partial charge in [-0.05, 0) is 25.3 Å². The lowest BCUT2D eigenvalue weighted by Crippen LogP contribution is -2.43. The third-order valence-electron chi connectivity index (χ3n) is 4.52. The standard InChI is InChI=1S/C17H22F2N2O3/c1-10(2)14(12-5-4-11(18)8-13(12)19)20-16(24)21-7-6-17(3,9-21)15(22)23/h4-5,8,10,14H,6-7,9H2,1-3H3,(H,20,24)(H,22,23). The summed E-state index contributed by atoms with van der Waals surface area (Å²) >= 11 is 0. The summed E-state index contributed by atoms with van der Waals surface area (Å²) in [6.45, 7) is 5.66. The van der Waals surface area contributed by atoms with E-state index in [0.29, 0.717) is 13.0 Å². The smallest absolute Gasteiger partial charge is 0.317 e. The number of carboxylic acids is 1. The first-order chi connectivity index (χ1) is 11.1. The Hall–Kier alpha value is -2.18. The van der Waals surface area contributed by atoms with Crippen LogP contribution in [0.2, 0.25) is 0 Å². The predicted molar refractivity (Wildman–Crippen MR) is 84.4 cm³/mol. The molecule has 2 rings (SSSR count). The molecule has 2 N–H and O–H groups in total. The van der Waals surface area contributed by atoms with Crippen molar-refractivity contribution >= 4 is 12.0 Å². The first-order valence-corrected chi connectivity index (χ1v) is 7.88. The minimum atomic E-state index is -0.966. The van der Waals surface area contributed by atoms with Crippen LogP contribution in [0, 0.1) is 23.0 Å². The van der Waals surface area contributed by atoms with Gasteiger partial charge < -0.3 is 15.3 Å². The maximum absolute atomic E-state index is 14.0. The fourth-order valence-corrected chi connectivity index (χ4v) is 2.89. The number of aliphatic carboxylic acids is 1. The van der Waals surface area contributed by atoms with Crippen LogP contribution in [0.3, 0.4) is 0 Å². The van der Waals surface area contributed by atoms with E-state index < -0.39 is 35.1 Å². The van der Waals surface area contributed by atoms with E-state index >= 15 is 0 Å². The molecular weight excluding hydrogens is 318 g/mol. The van der Waals surface area contributed by atoms with Crippen molar-refractivity contribution in [3.63, 3.8) is 0 Å². The van der Waals surface area contributed by atoms with E-state index in [2.05, 4.69) is 5.32 Å². The van der Waals surface area contributed by atoms with Gasteiger partial charge in [0.15, 0.2) is 0 Å². The van der Waals surface area contributed by atoms with Crippen molar-refractivity contribution in [2.24, 2.45) is 11.3 Å². The van der Waals surface area contributed by atoms with Crippen molar-refractivity contribution in [3.05, 3.63) is 35.4 Å². The Labute approximate surface area is 139 Å². The largest absolute Gasteiger partial charge is 0.481 e. The van der Waals surface area contributed by atoms with Crippen LogP contribution in [-0.2, 0) is 4.79 Å². The normalized spacial score (nSPS) is 21.8. The molecule has 132 valence electrons. The molecule has 1 aliphatic rings. The van der Waals surface area contributed by atoms with Gasteiger partial charge in [0.2, 0.25) is 0 Å². The highest BCUT2D eigenvalue weighted by atomic mass is 19.1. The van der Waals surface area contributed by atoms with Gasteiger partial charge >= 0.3 is 12.0 Å². The van der Waals surface area contributed by atoms with Gasteiger partial charge in [-0.25, -0.2) is 13.6 Å². The zero-order chi connectivity index (χ0) is 18.1. The van der Waals surface area contributed by atoms with E-state index in [0.717, 1.165) is 12.1 Å². The molecule has 0 aromatic heterocycles. The molecule has 0 aliphatic carbocycles. The first kappa shape index (κ1) is 18.2. The lowest BCUT2D eigenvalue weighted by atomic mass is 9.90. The Kier molecular flexibility index (Phi) is 5.11. The molecule has 7 heteroatoms.